The van der Waals surface area contributed by atoms with Crippen LogP contribution in [0.5, 0.6) is 5.75 Å². The van der Waals surface area contributed by atoms with Crippen molar-refractivity contribution < 1.29 is 22.7 Å². The molecule has 1 aliphatic heterocycles. The molecule has 2 aromatic carbocycles. The second-order valence-corrected chi connectivity index (χ2v) is 9.56. The van der Waals surface area contributed by atoms with E-state index in [0.29, 0.717) is 25.0 Å². The number of benzene rings is 2. The molecule has 32 heavy (non-hydrogen) atoms. The van der Waals surface area contributed by atoms with Crippen molar-refractivity contribution in [1.82, 2.24) is 14.9 Å². The van der Waals surface area contributed by atoms with E-state index in [1.54, 1.807) is 12.1 Å². The maximum Gasteiger partial charge on any atom is 0.243 e. The Morgan fingerprint density at radius 2 is 1.88 bits per heavy atom. The molecular weight excluding hydrogens is 430 g/mol. The van der Waals surface area contributed by atoms with Gasteiger partial charge in [0, 0.05) is 26.1 Å². The Labute approximate surface area is 189 Å². The molecule has 0 spiro atoms. The predicted octanol–water partition coefficient (Wildman–Crippen LogP) is 1.71. The summed E-state index contributed by atoms with van der Waals surface area (Å²) in [7, 11) is -0.944. The molecule has 1 saturated heterocycles. The normalized spacial score (nSPS) is 17.9. The zero-order valence-corrected chi connectivity index (χ0v) is 19.1. The zero-order chi connectivity index (χ0) is 23.1. The minimum absolute atomic E-state index is 0.0729. The van der Waals surface area contributed by atoms with Gasteiger partial charge in [0.1, 0.15) is 17.8 Å². The van der Waals surface area contributed by atoms with E-state index >= 15 is 0 Å². The molecule has 0 aromatic heterocycles. The fraction of sp³-hybridized carbons (Fsp3) is 0.391. The van der Waals surface area contributed by atoms with Crippen LogP contribution in [0.3, 0.4) is 0 Å². The number of hydrogen-bond donors (Lipinski definition) is 2. The zero-order valence-electron chi connectivity index (χ0n) is 18.3. The third-order valence-electron chi connectivity index (χ3n) is 5.57. The number of rotatable bonds is 8. The number of ether oxygens (including phenoxy) is 1. The number of carbonyl (C=O) groups is 2. The molecular formula is C23H29N3O5S. The topological polar surface area (TPSA) is 105 Å². The van der Waals surface area contributed by atoms with Gasteiger partial charge in [-0.25, -0.2) is 8.42 Å². The van der Waals surface area contributed by atoms with Crippen molar-refractivity contribution >= 4 is 21.8 Å². The molecule has 0 aliphatic carbocycles. The van der Waals surface area contributed by atoms with Gasteiger partial charge < -0.3 is 15.4 Å². The molecule has 172 valence electrons. The van der Waals surface area contributed by atoms with Crippen molar-refractivity contribution in [3.05, 3.63) is 60.2 Å². The van der Waals surface area contributed by atoms with Crippen LogP contribution in [0, 0.1) is 0 Å². The Bertz CT molecular complexity index is 1040. The highest BCUT2D eigenvalue weighted by Gasteiger charge is 2.38. The molecule has 8 nitrogen and oxygen atoms in total. The summed E-state index contributed by atoms with van der Waals surface area (Å²) in [5.74, 6) is -0.382. The van der Waals surface area contributed by atoms with Crippen molar-refractivity contribution in [2.24, 2.45) is 0 Å². The number of hydrogen-bond acceptors (Lipinski definition) is 5. The van der Waals surface area contributed by atoms with Crippen molar-refractivity contribution in [2.45, 2.75) is 42.7 Å². The van der Waals surface area contributed by atoms with Gasteiger partial charge in [-0.1, -0.05) is 42.8 Å². The maximum absolute atomic E-state index is 13.3. The highest BCUT2D eigenvalue weighted by molar-refractivity contribution is 7.89. The molecule has 0 bridgehead atoms. The molecule has 1 fully saturated rings. The summed E-state index contributed by atoms with van der Waals surface area (Å²) in [6, 6.07) is 13.9. The first-order valence-electron chi connectivity index (χ1n) is 10.6. The number of carbonyl (C=O) groups excluding carboxylic acids is 2. The average Bonchev–Trinajstić information content (AvgIpc) is 2.83. The number of piperidine rings is 1. The Balaban J connectivity index is 1.83. The van der Waals surface area contributed by atoms with E-state index in [1.165, 1.54) is 30.6 Å². The Hall–Kier alpha value is -2.91. The van der Waals surface area contributed by atoms with Crippen molar-refractivity contribution in [3.63, 3.8) is 0 Å². The fourth-order valence-electron chi connectivity index (χ4n) is 3.85. The lowest BCUT2D eigenvalue weighted by molar-refractivity contribution is -0.131. The van der Waals surface area contributed by atoms with Crippen molar-refractivity contribution in [2.75, 3.05) is 20.7 Å². The summed E-state index contributed by atoms with van der Waals surface area (Å²) in [6.45, 7) is 0.237. The van der Waals surface area contributed by atoms with Crippen LogP contribution in [0.4, 0.5) is 0 Å². The average molecular weight is 460 g/mol. The van der Waals surface area contributed by atoms with Crippen molar-refractivity contribution in [3.8, 4) is 5.75 Å². The molecule has 0 radical (unpaired) electrons. The number of nitrogens with zero attached hydrogens (tertiary/aromatic N) is 1. The van der Waals surface area contributed by atoms with E-state index in [9.17, 15) is 18.0 Å². The van der Waals surface area contributed by atoms with E-state index < -0.39 is 28.0 Å². The quantitative estimate of drug-likeness (QED) is 0.625. The van der Waals surface area contributed by atoms with Gasteiger partial charge in [0.25, 0.3) is 0 Å². The number of methoxy groups -OCH3 is 1. The fourth-order valence-corrected chi connectivity index (χ4v) is 5.55. The third-order valence-corrected chi connectivity index (χ3v) is 7.47. The summed E-state index contributed by atoms with van der Waals surface area (Å²) >= 11 is 0. The molecule has 1 aliphatic rings. The Kier molecular flexibility index (Phi) is 7.87. The molecule has 2 atom stereocenters. The lowest BCUT2D eigenvalue weighted by atomic mass is 10.0. The van der Waals surface area contributed by atoms with Gasteiger partial charge in [0.15, 0.2) is 0 Å². The van der Waals surface area contributed by atoms with Gasteiger partial charge in [-0.05, 0) is 30.5 Å². The van der Waals surface area contributed by atoms with Gasteiger partial charge in [-0.2, -0.15) is 4.31 Å². The second kappa shape index (κ2) is 10.6. The monoisotopic (exact) mass is 459 g/mol. The summed E-state index contributed by atoms with van der Waals surface area (Å²) in [4.78, 5) is 25.7. The Morgan fingerprint density at radius 3 is 2.56 bits per heavy atom. The minimum atomic E-state index is -3.92. The van der Waals surface area contributed by atoms with Crippen LogP contribution in [0.1, 0.15) is 24.8 Å². The second-order valence-electron chi connectivity index (χ2n) is 7.67. The van der Waals surface area contributed by atoms with Gasteiger partial charge in [0.2, 0.25) is 21.8 Å². The molecule has 2 amide bonds. The van der Waals surface area contributed by atoms with Crippen LogP contribution < -0.4 is 15.4 Å². The molecule has 0 unspecified atom stereocenters. The molecule has 9 heteroatoms. The highest BCUT2D eigenvalue weighted by atomic mass is 32.2. The van der Waals surface area contributed by atoms with Crippen molar-refractivity contribution in [1.29, 1.82) is 0 Å². The number of amides is 2. The minimum Gasteiger partial charge on any atom is -0.497 e. The smallest absolute Gasteiger partial charge is 0.243 e. The van der Waals surface area contributed by atoms with Gasteiger partial charge in [-0.15, -0.1) is 0 Å². The van der Waals surface area contributed by atoms with E-state index in [4.69, 9.17) is 4.74 Å². The maximum atomic E-state index is 13.3. The summed E-state index contributed by atoms with van der Waals surface area (Å²) < 4.78 is 33.1. The predicted molar refractivity (Wildman–Crippen MR) is 121 cm³/mol. The van der Waals surface area contributed by atoms with Gasteiger partial charge in [0.05, 0.1) is 12.0 Å². The summed E-state index contributed by atoms with van der Waals surface area (Å²) in [5, 5.41) is 5.35. The van der Waals surface area contributed by atoms with E-state index in [2.05, 4.69) is 10.6 Å². The first-order chi connectivity index (χ1) is 15.4. The lowest BCUT2D eigenvalue weighted by Crippen LogP contribution is -2.56. The van der Waals surface area contributed by atoms with Crippen LogP contribution in [-0.2, 0) is 26.0 Å². The largest absolute Gasteiger partial charge is 0.497 e. The van der Waals surface area contributed by atoms with Crippen LogP contribution in [0.25, 0.3) is 0 Å². The lowest BCUT2D eigenvalue weighted by Gasteiger charge is -2.34. The van der Waals surface area contributed by atoms with E-state index in [1.807, 2.05) is 30.3 Å². The highest BCUT2D eigenvalue weighted by Crippen LogP contribution is 2.27. The molecule has 2 aromatic rings. The standard InChI is InChI=1S/C23H29N3O5S/c1-24-22(27)20(15-17-9-4-3-5-10-17)25-23(28)21-13-6-7-14-26(21)32(29,30)19-12-8-11-18(16-19)31-2/h3-5,8-12,16,20-21H,6-7,13-15H2,1-2H3,(H,24,27)(H,25,28)/t20-,21-/m0/s1. The first kappa shape index (κ1) is 23.7. The molecule has 0 saturated carbocycles. The SMILES string of the molecule is CNC(=O)[C@H](Cc1ccccc1)NC(=O)[C@@H]1CCCCN1S(=O)(=O)c1cccc(OC)c1. The molecule has 1 heterocycles. The van der Waals surface area contributed by atoms with Crippen LogP contribution in [-0.4, -0.2) is 57.3 Å². The molecule has 3 rings (SSSR count). The third kappa shape index (κ3) is 5.46. The summed E-state index contributed by atoms with van der Waals surface area (Å²) in [5.41, 5.74) is 0.894. The van der Waals surface area contributed by atoms with Crippen LogP contribution >= 0.6 is 0 Å². The first-order valence-corrected chi connectivity index (χ1v) is 12.0. The van der Waals surface area contributed by atoms with Crippen LogP contribution in [0.2, 0.25) is 0 Å². The van der Waals surface area contributed by atoms with Gasteiger partial charge in [-0.3, -0.25) is 9.59 Å². The van der Waals surface area contributed by atoms with E-state index in [0.717, 1.165) is 12.0 Å². The van der Waals surface area contributed by atoms with Crippen LogP contribution in [0.15, 0.2) is 59.5 Å². The molecule has 2 N–H and O–H groups in total. The number of sulfonamides is 1. The van der Waals surface area contributed by atoms with Gasteiger partial charge >= 0.3 is 0 Å². The number of likely N-dealkylation sites (N-methyl/N-ethyl adjacent to an activating group) is 1. The number of nitrogens with one attached hydrogen (secondary N) is 2. The Morgan fingerprint density at radius 1 is 1.12 bits per heavy atom. The van der Waals surface area contributed by atoms with E-state index in [-0.39, 0.29) is 17.3 Å². The summed E-state index contributed by atoms with van der Waals surface area (Å²) in [6.07, 6.45) is 2.09.